The van der Waals surface area contributed by atoms with Crippen LogP contribution in [0.1, 0.15) is 25.6 Å². The monoisotopic (exact) mass is 348 g/mol. The van der Waals surface area contributed by atoms with Crippen molar-refractivity contribution in [3.8, 4) is 0 Å². The Morgan fingerprint density at radius 3 is 2.67 bits per heavy atom. The third-order valence-electron chi connectivity index (χ3n) is 2.64. The highest BCUT2D eigenvalue weighted by molar-refractivity contribution is 7.90. The summed E-state index contributed by atoms with van der Waals surface area (Å²) in [7, 11) is -3.68. The van der Waals surface area contributed by atoms with Crippen molar-refractivity contribution in [2.75, 3.05) is 0 Å². The van der Waals surface area contributed by atoms with E-state index in [9.17, 15) is 8.42 Å². The van der Waals surface area contributed by atoms with Gasteiger partial charge in [-0.05, 0) is 24.1 Å². The number of hydrogen-bond acceptors (Lipinski definition) is 5. The molecule has 0 N–H and O–H groups in total. The molecule has 8 heteroatoms. The zero-order valence-electron chi connectivity index (χ0n) is 11.5. The molecule has 0 aliphatic heterocycles. The highest BCUT2D eigenvalue weighted by atomic mass is 35.5. The number of hydrogen-bond donors (Lipinski definition) is 0. The molecule has 0 amide bonds. The molecule has 0 fully saturated rings. The van der Waals surface area contributed by atoms with E-state index in [1.165, 1.54) is 18.2 Å². The standard InChI is InChI=1S/C13H14Cl2N2O3S/c1-8(2)5-13-16-12(17-20-13)7-21(18,19)11-6-9(14)3-4-10(11)15/h3-4,6,8H,5,7H2,1-2H3. The molecule has 0 aliphatic carbocycles. The van der Waals surface area contributed by atoms with Crippen LogP contribution in [0.2, 0.25) is 10.0 Å². The van der Waals surface area contributed by atoms with E-state index in [0.717, 1.165) is 0 Å². The maximum absolute atomic E-state index is 12.3. The first-order valence-corrected chi connectivity index (χ1v) is 8.68. The zero-order chi connectivity index (χ0) is 15.6. The van der Waals surface area contributed by atoms with Gasteiger partial charge in [0.15, 0.2) is 15.7 Å². The molecule has 2 aromatic rings. The predicted octanol–water partition coefficient (Wildman–Crippen LogP) is 3.55. The second kappa shape index (κ2) is 6.34. The van der Waals surface area contributed by atoms with Gasteiger partial charge in [0.25, 0.3) is 0 Å². The Balaban J connectivity index is 2.25. The van der Waals surface area contributed by atoms with Crippen molar-refractivity contribution in [3.05, 3.63) is 40.0 Å². The second-order valence-electron chi connectivity index (χ2n) is 5.04. The van der Waals surface area contributed by atoms with Crippen LogP contribution in [0, 0.1) is 5.92 Å². The number of rotatable bonds is 5. The average Bonchev–Trinajstić information content (AvgIpc) is 2.77. The van der Waals surface area contributed by atoms with Gasteiger partial charge in [-0.1, -0.05) is 42.2 Å². The first kappa shape index (κ1) is 16.3. The Kier molecular flexibility index (Phi) is 4.91. The fraction of sp³-hybridized carbons (Fsp3) is 0.385. The van der Waals surface area contributed by atoms with E-state index >= 15 is 0 Å². The van der Waals surface area contributed by atoms with Crippen LogP contribution in [0.15, 0.2) is 27.6 Å². The molecule has 0 bridgehead atoms. The lowest BCUT2D eigenvalue weighted by molar-refractivity contribution is 0.359. The summed E-state index contributed by atoms with van der Waals surface area (Å²) < 4.78 is 29.7. The van der Waals surface area contributed by atoms with Gasteiger partial charge in [0.1, 0.15) is 5.75 Å². The minimum atomic E-state index is -3.68. The van der Waals surface area contributed by atoms with Crippen molar-refractivity contribution in [1.29, 1.82) is 0 Å². The van der Waals surface area contributed by atoms with Crippen molar-refractivity contribution < 1.29 is 12.9 Å². The highest BCUT2D eigenvalue weighted by Crippen LogP contribution is 2.27. The summed E-state index contributed by atoms with van der Waals surface area (Å²) in [5.74, 6) is 0.501. The quantitative estimate of drug-likeness (QED) is 0.825. The summed E-state index contributed by atoms with van der Waals surface area (Å²) >= 11 is 11.7. The topological polar surface area (TPSA) is 73.1 Å². The number of nitrogens with zero attached hydrogens (tertiary/aromatic N) is 2. The fourth-order valence-electron chi connectivity index (χ4n) is 1.74. The van der Waals surface area contributed by atoms with Gasteiger partial charge in [-0.3, -0.25) is 0 Å². The van der Waals surface area contributed by atoms with E-state index in [-0.39, 0.29) is 21.5 Å². The molecule has 0 unspecified atom stereocenters. The SMILES string of the molecule is CC(C)Cc1nc(CS(=O)(=O)c2cc(Cl)ccc2Cl)no1. The molecule has 0 spiro atoms. The maximum Gasteiger partial charge on any atom is 0.226 e. The Labute approximate surface area is 133 Å². The van der Waals surface area contributed by atoms with Crippen LogP contribution < -0.4 is 0 Å². The third kappa shape index (κ3) is 4.18. The molecule has 0 saturated carbocycles. The molecule has 2 rings (SSSR count). The minimum absolute atomic E-state index is 0.0353. The molecule has 0 saturated heterocycles. The molecule has 21 heavy (non-hydrogen) atoms. The molecule has 0 aliphatic rings. The summed E-state index contributed by atoms with van der Waals surface area (Å²) in [6.45, 7) is 4.01. The van der Waals surface area contributed by atoms with E-state index in [1.807, 2.05) is 13.8 Å². The predicted molar refractivity (Wildman–Crippen MR) is 80.2 cm³/mol. The molecule has 1 aromatic heterocycles. The van der Waals surface area contributed by atoms with Gasteiger partial charge in [0, 0.05) is 11.4 Å². The van der Waals surface area contributed by atoms with Crippen LogP contribution in [-0.2, 0) is 22.0 Å². The Morgan fingerprint density at radius 2 is 2.00 bits per heavy atom. The lowest BCUT2D eigenvalue weighted by Crippen LogP contribution is -2.07. The third-order valence-corrected chi connectivity index (χ3v) is 4.96. The Morgan fingerprint density at radius 1 is 1.29 bits per heavy atom. The van der Waals surface area contributed by atoms with Crippen LogP contribution in [0.5, 0.6) is 0 Å². The number of aromatic nitrogens is 2. The van der Waals surface area contributed by atoms with Crippen LogP contribution in [0.25, 0.3) is 0 Å². The summed E-state index contributed by atoms with van der Waals surface area (Å²) in [6.07, 6.45) is 0.602. The molecule has 5 nitrogen and oxygen atoms in total. The number of halogens is 2. The van der Waals surface area contributed by atoms with Gasteiger partial charge < -0.3 is 4.52 Å². The lowest BCUT2D eigenvalue weighted by atomic mass is 10.1. The lowest BCUT2D eigenvalue weighted by Gasteiger charge is -2.04. The van der Waals surface area contributed by atoms with E-state index < -0.39 is 9.84 Å². The van der Waals surface area contributed by atoms with Crippen LogP contribution in [0.3, 0.4) is 0 Å². The summed E-state index contributed by atoms with van der Waals surface area (Å²) in [4.78, 5) is 4.04. The Bertz CT molecular complexity index is 742. The molecule has 1 aromatic carbocycles. The van der Waals surface area contributed by atoms with E-state index in [0.29, 0.717) is 23.3 Å². The van der Waals surface area contributed by atoms with E-state index in [1.54, 1.807) is 0 Å². The van der Waals surface area contributed by atoms with Crippen molar-refractivity contribution in [2.24, 2.45) is 5.92 Å². The molecule has 0 atom stereocenters. The van der Waals surface area contributed by atoms with Gasteiger partial charge in [-0.15, -0.1) is 0 Å². The van der Waals surface area contributed by atoms with E-state index in [2.05, 4.69) is 10.1 Å². The van der Waals surface area contributed by atoms with Gasteiger partial charge >= 0.3 is 0 Å². The highest BCUT2D eigenvalue weighted by Gasteiger charge is 2.22. The van der Waals surface area contributed by atoms with Crippen molar-refractivity contribution in [2.45, 2.75) is 30.9 Å². The normalized spacial score (nSPS) is 12.0. The molecule has 114 valence electrons. The number of sulfone groups is 1. The second-order valence-corrected chi connectivity index (χ2v) is 7.84. The van der Waals surface area contributed by atoms with Crippen molar-refractivity contribution in [3.63, 3.8) is 0 Å². The number of benzene rings is 1. The largest absolute Gasteiger partial charge is 0.339 e. The van der Waals surface area contributed by atoms with E-state index in [4.69, 9.17) is 27.7 Å². The van der Waals surface area contributed by atoms with Crippen LogP contribution in [0.4, 0.5) is 0 Å². The van der Waals surface area contributed by atoms with Gasteiger partial charge in [0.05, 0.1) is 9.92 Å². The summed E-state index contributed by atoms with van der Waals surface area (Å²) in [6, 6.07) is 4.28. The molecule has 1 heterocycles. The van der Waals surface area contributed by atoms with Crippen LogP contribution >= 0.6 is 23.2 Å². The Hall–Kier alpha value is -1.11. The molecular weight excluding hydrogens is 335 g/mol. The van der Waals surface area contributed by atoms with Gasteiger partial charge in [0.2, 0.25) is 5.89 Å². The van der Waals surface area contributed by atoms with Crippen molar-refractivity contribution >= 4 is 33.0 Å². The first-order valence-electron chi connectivity index (χ1n) is 6.27. The fourth-order valence-corrected chi connectivity index (χ4v) is 3.74. The maximum atomic E-state index is 12.3. The molecule has 0 radical (unpaired) electrons. The smallest absolute Gasteiger partial charge is 0.226 e. The zero-order valence-corrected chi connectivity index (χ0v) is 13.8. The van der Waals surface area contributed by atoms with Gasteiger partial charge in [-0.2, -0.15) is 4.98 Å². The minimum Gasteiger partial charge on any atom is -0.339 e. The average molecular weight is 349 g/mol. The summed E-state index contributed by atoms with van der Waals surface area (Å²) in [5, 5.41) is 4.10. The summed E-state index contributed by atoms with van der Waals surface area (Å²) in [5.41, 5.74) is 0. The van der Waals surface area contributed by atoms with Crippen LogP contribution in [-0.4, -0.2) is 18.6 Å². The van der Waals surface area contributed by atoms with Gasteiger partial charge in [-0.25, -0.2) is 8.42 Å². The first-order chi connectivity index (χ1) is 9.78. The molecular formula is C13H14Cl2N2O3S. The van der Waals surface area contributed by atoms with Crippen molar-refractivity contribution in [1.82, 2.24) is 10.1 Å².